The summed E-state index contributed by atoms with van der Waals surface area (Å²) < 4.78 is 1.60. The summed E-state index contributed by atoms with van der Waals surface area (Å²) in [5, 5.41) is 15.5. The predicted molar refractivity (Wildman–Crippen MR) is 113 cm³/mol. The first-order valence-electron chi connectivity index (χ1n) is 10.1. The number of nitrogens with zero attached hydrogens (tertiary/aromatic N) is 5. The van der Waals surface area contributed by atoms with Crippen LogP contribution in [-0.2, 0) is 6.42 Å². The Balaban J connectivity index is 1.76. The van der Waals surface area contributed by atoms with E-state index in [2.05, 4.69) is 65.0 Å². The van der Waals surface area contributed by atoms with Crippen LogP contribution >= 0.6 is 11.3 Å². The molecule has 3 heterocycles. The standard InChI is InChI=1S/C21H29N5OS/c1-5-17-22-21-26(23-17)20(27)19(28-21)18(25-12-10-24(4)11-13-25)16-8-6-15(7-9-16)14(2)3/h6-9,14,18,27H,5,10-13H2,1-4H3. The fraction of sp³-hybridized carbons (Fsp3) is 0.524. The Hall–Kier alpha value is -1.96. The quantitative estimate of drug-likeness (QED) is 0.711. The van der Waals surface area contributed by atoms with E-state index < -0.39 is 0 Å². The van der Waals surface area contributed by atoms with Crippen molar-refractivity contribution in [3.8, 4) is 5.88 Å². The van der Waals surface area contributed by atoms with Gasteiger partial charge >= 0.3 is 0 Å². The molecule has 0 radical (unpaired) electrons. The zero-order valence-corrected chi connectivity index (χ0v) is 17.9. The topological polar surface area (TPSA) is 56.9 Å². The molecule has 150 valence electrons. The maximum atomic E-state index is 11.0. The summed E-state index contributed by atoms with van der Waals surface area (Å²) in [6.45, 7) is 10.5. The van der Waals surface area contributed by atoms with Crippen molar-refractivity contribution in [2.45, 2.75) is 39.2 Å². The zero-order valence-electron chi connectivity index (χ0n) is 17.1. The number of thiazole rings is 1. The highest BCUT2D eigenvalue weighted by Crippen LogP contribution is 2.40. The number of likely N-dealkylation sites (N-methyl/N-ethyl adjacent to an activating group) is 1. The van der Waals surface area contributed by atoms with Crippen molar-refractivity contribution in [1.29, 1.82) is 0 Å². The third kappa shape index (κ3) is 3.54. The van der Waals surface area contributed by atoms with Gasteiger partial charge in [-0.15, -0.1) is 5.10 Å². The Labute approximate surface area is 170 Å². The van der Waals surface area contributed by atoms with Crippen LogP contribution in [0.2, 0.25) is 0 Å². The van der Waals surface area contributed by atoms with Crippen molar-refractivity contribution < 1.29 is 5.11 Å². The van der Waals surface area contributed by atoms with E-state index >= 15 is 0 Å². The Morgan fingerprint density at radius 1 is 1.07 bits per heavy atom. The summed E-state index contributed by atoms with van der Waals surface area (Å²) in [5.74, 6) is 1.50. The van der Waals surface area contributed by atoms with E-state index in [4.69, 9.17) is 0 Å². The van der Waals surface area contributed by atoms with Crippen molar-refractivity contribution in [3.63, 3.8) is 0 Å². The van der Waals surface area contributed by atoms with Gasteiger partial charge in [0.15, 0.2) is 5.82 Å². The number of aromatic hydroxyl groups is 1. The van der Waals surface area contributed by atoms with Gasteiger partial charge in [-0.2, -0.15) is 4.52 Å². The first-order chi connectivity index (χ1) is 13.5. The van der Waals surface area contributed by atoms with Crippen LogP contribution in [0.15, 0.2) is 24.3 Å². The van der Waals surface area contributed by atoms with Gasteiger partial charge in [-0.1, -0.05) is 56.4 Å². The molecule has 0 saturated carbocycles. The summed E-state index contributed by atoms with van der Waals surface area (Å²) in [5.41, 5.74) is 2.55. The minimum atomic E-state index is 0.0217. The number of hydrogen-bond acceptors (Lipinski definition) is 6. The minimum Gasteiger partial charge on any atom is -0.492 e. The average molecular weight is 400 g/mol. The molecule has 1 unspecified atom stereocenters. The number of aromatic nitrogens is 3. The first-order valence-corrected chi connectivity index (χ1v) is 10.9. The van der Waals surface area contributed by atoms with Gasteiger partial charge in [0.25, 0.3) is 0 Å². The van der Waals surface area contributed by atoms with Crippen LogP contribution < -0.4 is 0 Å². The predicted octanol–water partition coefficient (Wildman–Crippen LogP) is 3.52. The molecule has 0 spiro atoms. The lowest BCUT2D eigenvalue weighted by molar-refractivity contribution is 0.127. The molecule has 28 heavy (non-hydrogen) atoms. The molecular formula is C21H29N5OS. The van der Waals surface area contributed by atoms with Gasteiger partial charge in [-0.05, 0) is 24.1 Å². The highest BCUT2D eigenvalue weighted by molar-refractivity contribution is 7.17. The zero-order chi connectivity index (χ0) is 19.8. The smallest absolute Gasteiger partial charge is 0.230 e. The van der Waals surface area contributed by atoms with Crippen molar-refractivity contribution in [2.75, 3.05) is 33.2 Å². The molecule has 4 rings (SSSR count). The molecule has 0 aliphatic carbocycles. The van der Waals surface area contributed by atoms with E-state index in [9.17, 15) is 5.11 Å². The molecule has 1 atom stereocenters. The van der Waals surface area contributed by atoms with Gasteiger partial charge < -0.3 is 10.0 Å². The van der Waals surface area contributed by atoms with Gasteiger partial charge in [0.2, 0.25) is 10.8 Å². The Bertz CT molecular complexity index is 938. The number of benzene rings is 1. The Kier molecular flexibility index (Phi) is 5.40. The van der Waals surface area contributed by atoms with Crippen LogP contribution in [-0.4, -0.2) is 62.7 Å². The second-order valence-corrected chi connectivity index (χ2v) is 8.94. The number of hydrogen-bond donors (Lipinski definition) is 1. The van der Waals surface area contributed by atoms with Crippen molar-refractivity contribution in [2.24, 2.45) is 0 Å². The van der Waals surface area contributed by atoms with E-state index in [1.807, 2.05) is 6.92 Å². The largest absolute Gasteiger partial charge is 0.492 e. The molecule has 7 heteroatoms. The highest BCUT2D eigenvalue weighted by Gasteiger charge is 2.31. The maximum Gasteiger partial charge on any atom is 0.230 e. The summed E-state index contributed by atoms with van der Waals surface area (Å²) >= 11 is 1.55. The number of aryl methyl sites for hydroxylation is 1. The van der Waals surface area contributed by atoms with Gasteiger partial charge in [-0.3, -0.25) is 4.90 Å². The second kappa shape index (κ2) is 7.81. The molecule has 1 aromatic carbocycles. The molecule has 0 bridgehead atoms. The van der Waals surface area contributed by atoms with Crippen LogP contribution in [0.5, 0.6) is 5.88 Å². The monoisotopic (exact) mass is 399 g/mol. The van der Waals surface area contributed by atoms with Crippen LogP contribution in [0, 0.1) is 0 Å². The summed E-state index contributed by atoms with van der Waals surface area (Å²) in [7, 11) is 2.16. The van der Waals surface area contributed by atoms with Gasteiger partial charge in [-0.25, -0.2) is 4.98 Å². The molecule has 0 amide bonds. The summed E-state index contributed by atoms with van der Waals surface area (Å²) in [6, 6.07) is 8.88. The molecule has 1 saturated heterocycles. The average Bonchev–Trinajstić information content (AvgIpc) is 3.23. The molecule has 3 aromatic rings. The Morgan fingerprint density at radius 2 is 1.71 bits per heavy atom. The van der Waals surface area contributed by atoms with Crippen LogP contribution in [0.25, 0.3) is 4.96 Å². The van der Waals surface area contributed by atoms with Crippen molar-refractivity contribution >= 4 is 16.3 Å². The van der Waals surface area contributed by atoms with E-state index in [-0.39, 0.29) is 11.9 Å². The van der Waals surface area contributed by atoms with Crippen LogP contribution in [0.4, 0.5) is 0 Å². The van der Waals surface area contributed by atoms with E-state index in [0.29, 0.717) is 5.92 Å². The fourth-order valence-corrected chi connectivity index (χ4v) is 4.93. The first kappa shape index (κ1) is 19.4. The Morgan fingerprint density at radius 3 is 2.29 bits per heavy atom. The summed E-state index contributed by atoms with van der Waals surface area (Å²) in [6.07, 6.45) is 0.766. The van der Waals surface area contributed by atoms with Gasteiger partial charge in [0.05, 0.1) is 10.9 Å². The van der Waals surface area contributed by atoms with Crippen molar-refractivity contribution in [3.05, 3.63) is 46.1 Å². The molecule has 1 N–H and O–H groups in total. The normalized spacial score (nSPS) is 17.6. The number of fused-ring (bicyclic) bond motifs is 1. The third-order valence-corrected chi connectivity index (χ3v) is 6.70. The van der Waals surface area contributed by atoms with Gasteiger partial charge in [0.1, 0.15) is 0 Å². The lowest BCUT2D eigenvalue weighted by Crippen LogP contribution is -2.46. The van der Waals surface area contributed by atoms with Gasteiger partial charge in [0, 0.05) is 32.6 Å². The second-order valence-electron chi connectivity index (χ2n) is 7.93. The lowest BCUT2D eigenvalue weighted by atomic mass is 9.97. The SMILES string of the molecule is CCc1nc2sc(C(c3ccc(C(C)C)cc3)N3CCN(C)CC3)c(O)n2n1. The van der Waals surface area contributed by atoms with Crippen LogP contribution in [0.3, 0.4) is 0 Å². The molecule has 6 nitrogen and oxygen atoms in total. The number of rotatable bonds is 5. The van der Waals surface area contributed by atoms with E-state index in [1.165, 1.54) is 11.1 Å². The van der Waals surface area contributed by atoms with Crippen molar-refractivity contribution in [1.82, 2.24) is 24.4 Å². The molecule has 1 aliphatic rings. The third-order valence-electron chi connectivity index (χ3n) is 5.63. The summed E-state index contributed by atoms with van der Waals surface area (Å²) in [4.78, 5) is 11.1. The fourth-order valence-electron chi connectivity index (χ4n) is 3.79. The van der Waals surface area contributed by atoms with Crippen LogP contribution in [0.1, 0.15) is 54.6 Å². The number of piperazine rings is 1. The minimum absolute atomic E-state index is 0.0217. The molecule has 1 aliphatic heterocycles. The molecular weight excluding hydrogens is 370 g/mol. The lowest BCUT2D eigenvalue weighted by Gasteiger charge is -2.37. The molecule has 1 fully saturated rings. The molecule has 2 aromatic heterocycles. The van der Waals surface area contributed by atoms with E-state index in [0.717, 1.165) is 48.3 Å². The van der Waals surface area contributed by atoms with E-state index in [1.54, 1.807) is 15.9 Å². The highest BCUT2D eigenvalue weighted by atomic mass is 32.1. The maximum absolute atomic E-state index is 11.0.